The first-order chi connectivity index (χ1) is 3.50. The zero-order valence-corrected chi connectivity index (χ0v) is 3.76. The third-order valence-corrected chi connectivity index (χ3v) is 0.562. The topological polar surface area (TPSA) is 24.7 Å². The molecule has 0 N–H and O–H groups in total. The van der Waals surface area contributed by atoms with Crippen LogP contribution < -0.4 is 0 Å². The van der Waals surface area contributed by atoms with Crippen molar-refractivity contribution in [1.29, 1.82) is 0 Å². The number of hydrogen-bond donors (Lipinski definition) is 0. The molecule has 0 fully saturated rings. The average molecular weight is 92.1 g/mol. The first-order valence-electron chi connectivity index (χ1n) is 2.01. The Hall–Kier alpha value is -1.10. The van der Waals surface area contributed by atoms with Gasteiger partial charge in [0, 0.05) is 0 Å². The first kappa shape index (κ1) is 4.07. The lowest BCUT2D eigenvalue weighted by Crippen LogP contribution is -1.61. The molecule has 0 bridgehead atoms. The molecule has 0 spiro atoms. The Labute approximate surface area is 41.6 Å². The van der Waals surface area contributed by atoms with Crippen molar-refractivity contribution < 1.29 is 0 Å². The van der Waals surface area contributed by atoms with Gasteiger partial charge in [-0.15, -0.1) is 0 Å². The van der Waals surface area contributed by atoms with Crippen molar-refractivity contribution in [3.63, 3.8) is 0 Å². The molecular weight excluding hydrogens is 88.1 g/mol. The molecule has 0 aliphatic carbocycles. The summed E-state index contributed by atoms with van der Waals surface area (Å²) in [6.07, 6.45) is 3.26. The van der Waals surface area contributed by atoms with Crippen molar-refractivity contribution in [1.82, 2.24) is 0 Å². The Morgan fingerprint density at radius 2 is 2.43 bits per heavy atom. The Bertz CT molecular complexity index is 167. The lowest BCUT2D eigenvalue weighted by atomic mass is 10.6. The van der Waals surface area contributed by atoms with Crippen molar-refractivity contribution in [2.75, 3.05) is 6.54 Å². The predicted molar refractivity (Wildman–Crippen MR) is 25.9 cm³/mol. The maximum Gasteiger partial charge on any atom is 0.0992 e. The van der Waals surface area contributed by atoms with E-state index in [9.17, 15) is 0 Å². The molecule has 0 saturated carbocycles. The molecule has 0 aromatic heterocycles. The zero-order valence-electron chi connectivity index (χ0n) is 3.76. The van der Waals surface area contributed by atoms with E-state index < -0.39 is 0 Å². The van der Waals surface area contributed by atoms with Crippen molar-refractivity contribution in [3.8, 4) is 0 Å². The van der Waals surface area contributed by atoms with Gasteiger partial charge in [0.25, 0.3) is 0 Å². The van der Waals surface area contributed by atoms with Crippen molar-refractivity contribution >= 4 is 0 Å². The summed E-state index contributed by atoms with van der Waals surface area (Å²) < 4.78 is 0. The van der Waals surface area contributed by atoms with E-state index in [0.717, 1.165) is 0 Å². The van der Waals surface area contributed by atoms with Crippen molar-refractivity contribution in [2.24, 2.45) is 10.2 Å². The van der Waals surface area contributed by atoms with E-state index in [2.05, 4.69) is 21.7 Å². The minimum atomic E-state index is 0.628. The van der Waals surface area contributed by atoms with Gasteiger partial charge in [0.1, 0.15) is 0 Å². The minimum Gasteiger partial charge on any atom is -0.184 e. The van der Waals surface area contributed by atoms with E-state index in [1.165, 1.54) is 6.20 Å². The molecule has 0 aromatic rings. The summed E-state index contributed by atoms with van der Waals surface area (Å²) in [5.74, 6) is 0. The van der Waals surface area contributed by atoms with Crippen LogP contribution in [0.2, 0.25) is 0 Å². The van der Waals surface area contributed by atoms with E-state index in [1.807, 2.05) is 0 Å². The standard InChI is InChI=1S/C5H4N2/c1-2-4-6-7-5-3-1/h2,5H,4H2. The van der Waals surface area contributed by atoms with Gasteiger partial charge in [-0.05, 0) is 11.8 Å². The van der Waals surface area contributed by atoms with Gasteiger partial charge in [0.2, 0.25) is 0 Å². The van der Waals surface area contributed by atoms with E-state index in [-0.39, 0.29) is 0 Å². The number of rotatable bonds is 0. The summed E-state index contributed by atoms with van der Waals surface area (Å²) in [5.41, 5.74) is 5.39. The SMILES string of the molecule is C1=C=CN=NCC=1. The van der Waals surface area contributed by atoms with E-state index in [1.54, 1.807) is 6.08 Å². The highest BCUT2D eigenvalue weighted by atomic mass is 15.1. The molecule has 1 aliphatic heterocycles. The molecule has 0 amide bonds. The molecule has 0 aromatic carbocycles. The van der Waals surface area contributed by atoms with E-state index in [4.69, 9.17) is 0 Å². The number of nitrogens with zero attached hydrogens (tertiary/aromatic N) is 2. The lowest BCUT2D eigenvalue weighted by molar-refractivity contribution is 1.08. The van der Waals surface area contributed by atoms with Crippen LogP contribution in [0.5, 0.6) is 0 Å². The van der Waals surface area contributed by atoms with Crippen LogP contribution >= 0.6 is 0 Å². The lowest BCUT2D eigenvalue weighted by Gasteiger charge is -1.68. The molecule has 34 valence electrons. The van der Waals surface area contributed by atoms with Gasteiger partial charge in [-0.2, -0.15) is 10.2 Å². The fraction of sp³-hybridized carbons (Fsp3) is 0.200. The van der Waals surface area contributed by atoms with Crippen molar-refractivity contribution in [2.45, 2.75) is 0 Å². The second-order valence-electron chi connectivity index (χ2n) is 1.06. The highest BCUT2D eigenvalue weighted by molar-refractivity contribution is 4.88. The van der Waals surface area contributed by atoms with Gasteiger partial charge in [-0.3, -0.25) is 0 Å². The molecule has 2 nitrogen and oxygen atoms in total. The van der Waals surface area contributed by atoms with Crippen LogP contribution in [0.25, 0.3) is 0 Å². The number of hydrogen-bond acceptors (Lipinski definition) is 2. The average Bonchev–Trinajstić information content (AvgIpc) is 1.90. The van der Waals surface area contributed by atoms with E-state index in [0.29, 0.717) is 6.54 Å². The third kappa shape index (κ3) is 1.18. The molecule has 0 radical (unpaired) electrons. The van der Waals surface area contributed by atoms with Gasteiger partial charge in [-0.25, -0.2) is 0 Å². The molecule has 0 saturated heterocycles. The van der Waals surface area contributed by atoms with E-state index >= 15 is 0 Å². The molecule has 2 heteroatoms. The fourth-order valence-electron chi connectivity index (χ4n) is 0.299. The van der Waals surface area contributed by atoms with Crippen LogP contribution in [0.1, 0.15) is 0 Å². The van der Waals surface area contributed by atoms with Crippen LogP contribution in [0.15, 0.2) is 34.0 Å². The molecule has 0 unspecified atom stereocenters. The highest BCUT2D eigenvalue weighted by Crippen LogP contribution is 1.80. The van der Waals surface area contributed by atoms with Crippen molar-refractivity contribution in [3.05, 3.63) is 23.7 Å². The summed E-state index contributed by atoms with van der Waals surface area (Å²) in [7, 11) is 0. The van der Waals surface area contributed by atoms with Crippen LogP contribution in [0, 0.1) is 0 Å². The van der Waals surface area contributed by atoms with Gasteiger partial charge in [0.15, 0.2) is 0 Å². The molecule has 1 rings (SSSR count). The van der Waals surface area contributed by atoms with Gasteiger partial charge in [0.05, 0.1) is 12.7 Å². The summed E-state index contributed by atoms with van der Waals surface area (Å²) in [5, 5.41) is 7.23. The monoisotopic (exact) mass is 92.0 g/mol. The summed E-state index contributed by atoms with van der Waals surface area (Å²) in [4.78, 5) is 0. The second-order valence-corrected chi connectivity index (χ2v) is 1.06. The Morgan fingerprint density at radius 3 is 3.43 bits per heavy atom. The van der Waals surface area contributed by atoms with Gasteiger partial charge in [-0.1, -0.05) is 5.73 Å². The predicted octanol–water partition coefficient (Wildman–Crippen LogP) is 1.28. The largest absolute Gasteiger partial charge is 0.184 e. The normalized spacial score (nSPS) is 14.9. The zero-order chi connectivity index (χ0) is 4.95. The molecular formula is C5H4N2. The maximum atomic E-state index is 3.66. The molecule has 0 atom stereocenters. The first-order valence-corrected chi connectivity index (χ1v) is 2.01. The third-order valence-electron chi connectivity index (χ3n) is 0.562. The molecule has 7 heavy (non-hydrogen) atoms. The van der Waals surface area contributed by atoms with Crippen LogP contribution in [0.3, 0.4) is 0 Å². The van der Waals surface area contributed by atoms with Gasteiger partial charge < -0.3 is 0 Å². The van der Waals surface area contributed by atoms with Crippen LogP contribution in [-0.2, 0) is 0 Å². The van der Waals surface area contributed by atoms with Gasteiger partial charge >= 0.3 is 0 Å². The number of azo groups is 1. The smallest absolute Gasteiger partial charge is 0.0992 e. The quantitative estimate of drug-likeness (QED) is 0.402. The Balaban J connectivity index is 2.88. The van der Waals surface area contributed by atoms with Crippen LogP contribution in [0.4, 0.5) is 0 Å². The summed E-state index contributed by atoms with van der Waals surface area (Å²) >= 11 is 0. The fourth-order valence-corrected chi connectivity index (χ4v) is 0.299. The Kier molecular flexibility index (Phi) is 1.24. The maximum absolute atomic E-state index is 3.66. The second kappa shape index (κ2) is 2.14. The highest BCUT2D eigenvalue weighted by Gasteiger charge is 1.68. The summed E-state index contributed by atoms with van der Waals surface area (Å²) in [6, 6.07) is 0. The minimum absolute atomic E-state index is 0.628. The molecule has 1 aliphatic rings. The van der Waals surface area contributed by atoms with Crippen LogP contribution in [-0.4, -0.2) is 6.54 Å². The molecule has 1 heterocycles. The Morgan fingerprint density at radius 1 is 1.43 bits per heavy atom. The summed E-state index contributed by atoms with van der Waals surface area (Å²) in [6.45, 7) is 0.628.